The number of morpholine rings is 1. The minimum Gasteiger partial charge on any atom is -0.481 e. The van der Waals surface area contributed by atoms with Crippen LogP contribution in [0.2, 0.25) is 10.0 Å². The van der Waals surface area contributed by atoms with E-state index in [0.717, 1.165) is 12.1 Å². The summed E-state index contributed by atoms with van der Waals surface area (Å²) in [5, 5.41) is 8.71. The number of aliphatic carboxylic acids is 1. The summed E-state index contributed by atoms with van der Waals surface area (Å²) >= 11 is 11.5. The third kappa shape index (κ3) is 3.64. The van der Waals surface area contributed by atoms with Gasteiger partial charge >= 0.3 is 5.97 Å². The zero-order valence-corrected chi connectivity index (χ0v) is 12.3. The molecule has 8 heteroatoms. The van der Waals surface area contributed by atoms with Crippen LogP contribution in [-0.4, -0.2) is 47.7 Å². The molecule has 1 aliphatic rings. The number of carbonyl (C=O) groups excluding carboxylic acids is 1. The first-order chi connectivity index (χ1) is 9.90. The number of benzene rings is 1. The van der Waals surface area contributed by atoms with E-state index in [0.29, 0.717) is 0 Å². The van der Waals surface area contributed by atoms with Crippen molar-refractivity contribution in [3.8, 4) is 0 Å². The summed E-state index contributed by atoms with van der Waals surface area (Å²) in [6.07, 6.45) is -0.251. The van der Waals surface area contributed by atoms with Crippen molar-refractivity contribution in [2.75, 3.05) is 19.8 Å². The Bertz CT molecular complexity index is 582. The third-order valence-corrected chi connectivity index (χ3v) is 3.74. The molecule has 1 heterocycles. The number of nitrogens with zero attached hydrogens (tertiary/aromatic N) is 1. The first-order valence-electron chi connectivity index (χ1n) is 6.15. The molecule has 0 aliphatic carbocycles. The molecule has 21 heavy (non-hydrogen) atoms. The van der Waals surface area contributed by atoms with E-state index >= 15 is 0 Å². The molecule has 1 N–H and O–H groups in total. The quantitative estimate of drug-likeness (QED) is 0.861. The number of carbonyl (C=O) groups is 2. The molecular weight excluding hydrogens is 324 g/mol. The van der Waals surface area contributed by atoms with Crippen LogP contribution in [0, 0.1) is 5.82 Å². The van der Waals surface area contributed by atoms with E-state index in [1.807, 2.05) is 0 Å². The Morgan fingerprint density at radius 2 is 2.10 bits per heavy atom. The Morgan fingerprint density at radius 1 is 1.38 bits per heavy atom. The lowest BCUT2D eigenvalue weighted by molar-refractivity contribution is -0.139. The Balaban J connectivity index is 2.28. The number of amides is 1. The number of rotatable bonds is 3. The number of carboxylic acids is 1. The standard InChI is InChI=1S/C13H12Cl2FNO4/c14-9-5-10(15)11(16)4-8(9)13(20)17-1-2-21-6-7(17)3-12(18)19/h4-5,7H,1-3,6H2,(H,18,19). The Kier molecular flexibility index (Phi) is 5.03. The molecule has 5 nitrogen and oxygen atoms in total. The van der Waals surface area contributed by atoms with Crippen LogP contribution in [0.4, 0.5) is 4.39 Å². The van der Waals surface area contributed by atoms with Gasteiger partial charge in [0.05, 0.1) is 41.3 Å². The van der Waals surface area contributed by atoms with Crippen molar-refractivity contribution < 1.29 is 23.8 Å². The normalized spacial score (nSPS) is 18.6. The SMILES string of the molecule is O=C(O)CC1COCCN1C(=O)c1cc(F)c(Cl)cc1Cl. The molecule has 1 saturated heterocycles. The van der Waals surface area contributed by atoms with Crippen molar-refractivity contribution in [3.05, 3.63) is 33.6 Å². The molecule has 2 rings (SSSR count). The van der Waals surface area contributed by atoms with E-state index in [9.17, 15) is 14.0 Å². The second-order valence-corrected chi connectivity index (χ2v) is 5.39. The van der Waals surface area contributed by atoms with Crippen LogP contribution < -0.4 is 0 Å². The van der Waals surface area contributed by atoms with E-state index in [-0.39, 0.29) is 41.8 Å². The van der Waals surface area contributed by atoms with Gasteiger partial charge in [-0.05, 0) is 12.1 Å². The van der Waals surface area contributed by atoms with Crippen LogP contribution >= 0.6 is 23.2 Å². The summed E-state index contributed by atoms with van der Waals surface area (Å²) in [6, 6.07) is 1.50. The average Bonchev–Trinajstić information content (AvgIpc) is 2.42. The van der Waals surface area contributed by atoms with Crippen molar-refractivity contribution in [2.24, 2.45) is 0 Å². The van der Waals surface area contributed by atoms with Gasteiger partial charge in [-0.2, -0.15) is 0 Å². The maximum atomic E-state index is 13.5. The number of hydrogen-bond donors (Lipinski definition) is 1. The van der Waals surface area contributed by atoms with Crippen LogP contribution in [0.25, 0.3) is 0 Å². The van der Waals surface area contributed by atoms with Crippen molar-refractivity contribution in [3.63, 3.8) is 0 Å². The number of hydrogen-bond acceptors (Lipinski definition) is 3. The van der Waals surface area contributed by atoms with Gasteiger partial charge in [0.25, 0.3) is 5.91 Å². The summed E-state index contributed by atoms with van der Waals surface area (Å²) in [5.74, 6) is -2.34. The van der Waals surface area contributed by atoms with Gasteiger partial charge in [0, 0.05) is 6.54 Å². The summed E-state index contributed by atoms with van der Waals surface area (Å²) in [5.41, 5.74) is -0.0455. The van der Waals surface area contributed by atoms with Crippen LogP contribution in [0.1, 0.15) is 16.8 Å². The van der Waals surface area contributed by atoms with E-state index in [4.69, 9.17) is 33.0 Å². The first kappa shape index (κ1) is 16.0. The molecule has 1 aliphatic heterocycles. The second kappa shape index (κ2) is 6.60. The second-order valence-electron chi connectivity index (χ2n) is 4.57. The summed E-state index contributed by atoms with van der Waals surface area (Å²) < 4.78 is 18.7. The maximum absolute atomic E-state index is 13.5. The molecule has 1 unspecified atom stereocenters. The van der Waals surface area contributed by atoms with Crippen LogP contribution in [0.15, 0.2) is 12.1 Å². The van der Waals surface area contributed by atoms with Crippen molar-refractivity contribution in [2.45, 2.75) is 12.5 Å². The van der Waals surface area contributed by atoms with Crippen LogP contribution in [0.3, 0.4) is 0 Å². The largest absolute Gasteiger partial charge is 0.481 e. The molecule has 114 valence electrons. The lowest BCUT2D eigenvalue weighted by atomic mass is 10.1. The van der Waals surface area contributed by atoms with E-state index < -0.39 is 23.7 Å². The van der Waals surface area contributed by atoms with Crippen molar-refractivity contribution in [1.82, 2.24) is 4.90 Å². The molecule has 0 saturated carbocycles. The Hall–Kier alpha value is -1.37. The fraction of sp³-hybridized carbons (Fsp3) is 0.385. The zero-order chi connectivity index (χ0) is 15.6. The highest BCUT2D eigenvalue weighted by Crippen LogP contribution is 2.26. The topological polar surface area (TPSA) is 66.8 Å². The Labute approximate surface area is 130 Å². The number of halogens is 3. The van der Waals surface area contributed by atoms with Crippen LogP contribution in [0.5, 0.6) is 0 Å². The molecule has 0 aromatic heterocycles. The summed E-state index contributed by atoms with van der Waals surface area (Å²) in [4.78, 5) is 24.6. The maximum Gasteiger partial charge on any atom is 0.305 e. The molecule has 1 aromatic carbocycles. The van der Waals surface area contributed by atoms with Gasteiger partial charge in [-0.25, -0.2) is 4.39 Å². The van der Waals surface area contributed by atoms with E-state index in [1.54, 1.807) is 0 Å². The predicted octanol–water partition coefficient (Wildman–Crippen LogP) is 2.45. The summed E-state index contributed by atoms with van der Waals surface area (Å²) in [7, 11) is 0. The molecular formula is C13H12Cl2FNO4. The van der Waals surface area contributed by atoms with Crippen molar-refractivity contribution >= 4 is 35.1 Å². The van der Waals surface area contributed by atoms with Gasteiger partial charge in [-0.1, -0.05) is 23.2 Å². The molecule has 1 fully saturated rings. The van der Waals surface area contributed by atoms with Gasteiger partial charge in [0.1, 0.15) is 5.82 Å². The molecule has 0 spiro atoms. The molecule has 1 atom stereocenters. The first-order valence-corrected chi connectivity index (χ1v) is 6.90. The summed E-state index contributed by atoms with van der Waals surface area (Å²) in [6.45, 7) is 0.624. The highest BCUT2D eigenvalue weighted by molar-refractivity contribution is 6.36. The number of carboxylic acid groups (broad SMARTS) is 1. The molecule has 0 bridgehead atoms. The lowest BCUT2D eigenvalue weighted by Gasteiger charge is -2.35. The van der Waals surface area contributed by atoms with Gasteiger partial charge in [-0.3, -0.25) is 9.59 Å². The van der Waals surface area contributed by atoms with Crippen LogP contribution in [-0.2, 0) is 9.53 Å². The Morgan fingerprint density at radius 3 is 2.76 bits per heavy atom. The lowest BCUT2D eigenvalue weighted by Crippen LogP contribution is -2.49. The van der Waals surface area contributed by atoms with Gasteiger partial charge in [0.2, 0.25) is 0 Å². The van der Waals surface area contributed by atoms with Gasteiger partial charge in [0.15, 0.2) is 0 Å². The fourth-order valence-electron chi connectivity index (χ4n) is 2.13. The zero-order valence-electron chi connectivity index (χ0n) is 10.8. The van der Waals surface area contributed by atoms with Gasteiger partial charge in [-0.15, -0.1) is 0 Å². The third-order valence-electron chi connectivity index (χ3n) is 3.14. The molecule has 1 aromatic rings. The molecule has 0 radical (unpaired) electrons. The van der Waals surface area contributed by atoms with Crippen molar-refractivity contribution in [1.29, 1.82) is 0 Å². The van der Waals surface area contributed by atoms with E-state index in [1.165, 1.54) is 4.90 Å². The predicted molar refractivity (Wildman–Crippen MR) is 74.3 cm³/mol. The van der Waals surface area contributed by atoms with E-state index in [2.05, 4.69) is 0 Å². The minimum absolute atomic E-state index is 0.0203. The smallest absolute Gasteiger partial charge is 0.305 e. The highest BCUT2D eigenvalue weighted by atomic mass is 35.5. The average molecular weight is 336 g/mol. The minimum atomic E-state index is -1.04. The monoisotopic (exact) mass is 335 g/mol. The van der Waals surface area contributed by atoms with Gasteiger partial charge < -0.3 is 14.7 Å². The molecule has 1 amide bonds. The highest BCUT2D eigenvalue weighted by Gasteiger charge is 2.31. The fourth-order valence-corrected chi connectivity index (χ4v) is 2.60. The number of ether oxygens (including phenoxy) is 1.